The monoisotopic (exact) mass is 308 g/mol. The summed E-state index contributed by atoms with van der Waals surface area (Å²) in [7, 11) is 0. The second-order valence-corrected chi connectivity index (χ2v) is 7.49. The third-order valence-corrected chi connectivity index (χ3v) is 5.89. The zero-order chi connectivity index (χ0) is 16.2. The van der Waals surface area contributed by atoms with Gasteiger partial charge in [-0.1, -0.05) is 58.1 Å². The van der Waals surface area contributed by atoms with Crippen molar-refractivity contribution in [3.63, 3.8) is 0 Å². The Hall–Kier alpha value is -0.670. The summed E-state index contributed by atoms with van der Waals surface area (Å²) >= 11 is 0. The van der Waals surface area contributed by atoms with Crippen LogP contribution in [0.3, 0.4) is 0 Å². The summed E-state index contributed by atoms with van der Waals surface area (Å²) in [6.45, 7) is 4.24. The van der Waals surface area contributed by atoms with Crippen LogP contribution in [0.15, 0.2) is 12.2 Å². The molecule has 0 spiro atoms. The summed E-state index contributed by atoms with van der Waals surface area (Å²) in [5, 5.41) is 20.3. The Morgan fingerprint density at radius 1 is 1.32 bits per heavy atom. The average molecular weight is 308 g/mol. The van der Waals surface area contributed by atoms with Crippen LogP contribution in [0.1, 0.15) is 71.6 Å². The van der Waals surface area contributed by atoms with Crippen molar-refractivity contribution in [1.82, 2.24) is 0 Å². The van der Waals surface area contributed by atoms with Gasteiger partial charge >= 0.3 is 0 Å². The first-order valence-corrected chi connectivity index (χ1v) is 9.06. The van der Waals surface area contributed by atoms with E-state index in [1.165, 1.54) is 25.7 Å². The summed E-state index contributed by atoms with van der Waals surface area (Å²) in [6.07, 6.45) is 11.9. The van der Waals surface area contributed by atoms with E-state index < -0.39 is 6.10 Å². The van der Waals surface area contributed by atoms with Crippen LogP contribution in [0, 0.1) is 17.3 Å². The van der Waals surface area contributed by atoms with E-state index in [0.717, 1.165) is 19.3 Å². The van der Waals surface area contributed by atoms with Crippen LogP contribution in [0.25, 0.3) is 0 Å². The second kappa shape index (κ2) is 7.74. The fourth-order valence-corrected chi connectivity index (χ4v) is 4.10. The number of unbranched alkanes of at least 4 members (excludes halogenated alkanes) is 4. The quantitative estimate of drug-likeness (QED) is 0.532. The Labute approximate surface area is 134 Å². The van der Waals surface area contributed by atoms with Crippen LogP contribution in [0.5, 0.6) is 0 Å². The van der Waals surface area contributed by atoms with Crippen molar-refractivity contribution in [2.24, 2.45) is 17.3 Å². The molecule has 3 nitrogen and oxygen atoms in total. The highest BCUT2D eigenvalue weighted by atomic mass is 16.3. The van der Waals surface area contributed by atoms with Gasteiger partial charge in [0.1, 0.15) is 5.78 Å². The summed E-state index contributed by atoms with van der Waals surface area (Å²) in [4.78, 5) is 11.8. The zero-order valence-corrected chi connectivity index (χ0v) is 14.1. The van der Waals surface area contributed by atoms with Gasteiger partial charge in [-0.05, 0) is 25.2 Å². The van der Waals surface area contributed by atoms with Crippen molar-refractivity contribution in [3.8, 4) is 0 Å². The van der Waals surface area contributed by atoms with E-state index in [1.807, 2.05) is 19.1 Å². The molecule has 0 radical (unpaired) electrons. The molecule has 0 bridgehead atoms. The van der Waals surface area contributed by atoms with E-state index in [9.17, 15) is 15.0 Å². The number of aliphatic hydroxyl groups excluding tert-OH is 2. The summed E-state index contributed by atoms with van der Waals surface area (Å²) < 4.78 is 0. The normalized spacial score (nSPS) is 36.2. The number of rotatable bonds is 8. The molecule has 0 aromatic carbocycles. The lowest BCUT2D eigenvalue weighted by atomic mass is 9.50. The van der Waals surface area contributed by atoms with Crippen molar-refractivity contribution in [1.29, 1.82) is 0 Å². The second-order valence-electron chi connectivity index (χ2n) is 7.49. The van der Waals surface area contributed by atoms with Crippen LogP contribution in [0.2, 0.25) is 0 Å². The number of hydrogen-bond donors (Lipinski definition) is 2. The first kappa shape index (κ1) is 17.7. The molecular weight excluding hydrogens is 276 g/mol. The number of Topliss-reactive ketones (excluding diaryl/α,β-unsaturated/α-hetero) is 1. The minimum absolute atomic E-state index is 0.0335. The number of hydrogen-bond acceptors (Lipinski definition) is 3. The fraction of sp³-hybridized carbons (Fsp3) is 0.842. The van der Waals surface area contributed by atoms with Gasteiger partial charge in [-0.15, -0.1) is 0 Å². The van der Waals surface area contributed by atoms with E-state index in [4.69, 9.17) is 0 Å². The third kappa shape index (κ3) is 3.80. The molecule has 0 amide bonds. The van der Waals surface area contributed by atoms with Crippen LogP contribution in [-0.4, -0.2) is 28.2 Å². The lowest BCUT2D eigenvalue weighted by Crippen LogP contribution is -2.56. The van der Waals surface area contributed by atoms with Gasteiger partial charge in [0.15, 0.2) is 0 Å². The van der Waals surface area contributed by atoms with E-state index in [0.29, 0.717) is 18.6 Å². The largest absolute Gasteiger partial charge is 0.393 e. The maximum Gasteiger partial charge on any atom is 0.139 e. The fourth-order valence-electron chi connectivity index (χ4n) is 4.10. The SMILES string of the molecule is CCCCCCC[C@@H](O)/C=C/[C@@H]1[C@@H](O)CC[C@@]2(C)C(=O)C[C@@H]12. The Morgan fingerprint density at radius 2 is 2.05 bits per heavy atom. The summed E-state index contributed by atoms with van der Waals surface area (Å²) in [5.74, 6) is 0.641. The van der Waals surface area contributed by atoms with Gasteiger partial charge in [-0.25, -0.2) is 0 Å². The average Bonchev–Trinajstić information content (AvgIpc) is 2.50. The molecule has 2 N–H and O–H groups in total. The highest BCUT2D eigenvalue weighted by Gasteiger charge is 2.57. The molecule has 3 heteroatoms. The molecule has 0 aromatic rings. The smallest absolute Gasteiger partial charge is 0.139 e. The third-order valence-electron chi connectivity index (χ3n) is 5.89. The Balaban J connectivity index is 1.79. The van der Waals surface area contributed by atoms with E-state index in [-0.39, 0.29) is 23.4 Å². The maximum atomic E-state index is 11.8. The molecule has 5 atom stereocenters. The molecule has 2 aliphatic rings. The Kier molecular flexibility index (Phi) is 6.22. The predicted octanol–water partition coefficient (Wildman–Crippen LogP) is 3.63. The molecule has 126 valence electrons. The van der Waals surface area contributed by atoms with Gasteiger partial charge in [-0.3, -0.25) is 4.79 Å². The predicted molar refractivity (Wildman–Crippen MR) is 88.5 cm³/mol. The molecule has 2 saturated carbocycles. The van der Waals surface area contributed by atoms with E-state index in [1.54, 1.807) is 0 Å². The molecule has 0 aliphatic heterocycles. The molecule has 2 aliphatic carbocycles. The lowest BCUT2D eigenvalue weighted by molar-refractivity contribution is -0.157. The highest BCUT2D eigenvalue weighted by molar-refractivity contribution is 5.91. The first-order chi connectivity index (χ1) is 10.5. The molecule has 2 fully saturated rings. The number of ketones is 1. The van der Waals surface area contributed by atoms with E-state index >= 15 is 0 Å². The molecule has 0 saturated heterocycles. The summed E-state index contributed by atoms with van der Waals surface area (Å²) in [6, 6.07) is 0. The van der Waals surface area contributed by atoms with Crippen LogP contribution in [-0.2, 0) is 4.79 Å². The van der Waals surface area contributed by atoms with Crippen LogP contribution in [0.4, 0.5) is 0 Å². The zero-order valence-electron chi connectivity index (χ0n) is 14.1. The number of carbonyl (C=O) groups excluding carboxylic acids is 1. The maximum absolute atomic E-state index is 11.8. The topological polar surface area (TPSA) is 57.5 Å². The molecular formula is C19H32O3. The molecule has 22 heavy (non-hydrogen) atoms. The minimum atomic E-state index is -0.419. The van der Waals surface area contributed by atoms with E-state index in [2.05, 4.69) is 6.92 Å². The van der Waals surface area contributed by atoms with Gasteiger partial charge in [0.2, 0.25) is 0 Å². The number of fused-ring (bicyclic) bond motifs is 1. The van der Waals surface area contributed by atoms with Crippen molar-refractivity contribution >= 4 is 5.78 Å². The lowest BCUT2D eigenvalue weighted by Gasteiger charge is -2.53. The molecule has 0 aromatic heterocycles. The standard InChI is InChI=1S/C19H32O3/c1-3-4-5-6-7-8-14(20)9-10-15-16-13-18(22)19(16,2)12-11-17(15)21/h9-10,14-17,20-21H,3-8,11-13H2,1-2H3/b10-9+/t14-,15+,16+,17+,19-/m1/s1. The molecule has 0 heterocycles. The molecule has 0 unspecified atom stereocenters. The Bertz CT molecular complexity index is 403. The van der Waals surface area contributed by atoms with Crippen molar-refractivity contribution in [3.05, 3.63) is 12.2 Å². The van der Waals surface area contributed by atoms with Gasteiger partial charge in [0.05, 0.1) is 12.2 Å². The number of aliphatic hydroxyl groups is 2. The Morgan fingerprint density at radius 3 is 2.73 bits per heavy atom. The highest BCUT2D eigenvalue weighted by Crippen LogP contribution is 2.55. The van der Waals surface area contributed by atoms with Gasteiger partial charge in [0.25, 0.3) is 0 Å². The first-order valence-electron chi connectivity index (χ1n) is 9.06. The van der Waals surface area contributed by atoms with Crippen LogP contribution < -0.4 is 0 Å². The van der Waals surface area contributed by atoms with Gasteiger partial charge < -0.3 is 10.2 Å². The minimum Gasteiger partial charge on any atom is -0.393 e. The van der Waals surface area contributed by atoms with Crippen LogP contribution >= 0.6 is 0 Å². The van der Waals surface area contributed by atoms with Crippen molar-refractivity contribution < 1.29 is 15.0 Å². The molecule has 2 rings (SSSR count). The van der Waals surface area contributed by atoms with Crippen molar-refractivity contribution in [2.45, 2.75) is 83.8 Å². The van der Waals surface area contributed by atoms with Gasteiger partial charge in [-0.2, -0.15) is 0 Å². The van der Waals surface area contributed by atoms with Crippen molar-refractivity contribution in [2.75, 3.05) is 0 Å². The summed E-state index contributed by atoms with van der Waals surface area (Å²) in [5.41, 5.74) is -0.223. The number of carbonyl (C=O) groups is 1. The van der Waals surface area contributed by atoms with Gasteiger partial charge in [0, 0.05) is 17.8 Å².